The molecule has 280 valence electrons. The first-order valence-electron chi connectivity index (χ1n) is 21.0. The highest BCUT2D eigenvalue weighted by Gasteiger charge is 2.14. The van der Waals surface area contributed by atoms with Crippen molar-refractivity contribution >= 4 is 11.9 Å². The van der Waals surface area contributed by atoms with Gasteiger partial charge in [-0.05, 0) is 89.9 Å². The highest BCUT2D eigenvalue weighted by atomic mass is 16.5. The maximum absolute atomic E-state index is 12.7. The number of carbonyl (C=O) groups is 2. The van der Waals surface area contributed by atoms with Crippen molar-refractivity contribution in [2.45, 2.75) is 232 Å². The first-order valence-corrected chi connectivity index (χ1v) is 21.0. The van der Waals surface area contributed by atoms with Gasteiger partial charge in [-0.15, -0.1) is 0 Å². The summed E-state index contributed by atoms with van der Waals surface area (Å²) in [7, 11) is 0. The molecular weight excluding hydrogens is 592 g/mol. The fourth-order valence-corrected chi connectivity index (χ4v) is 6.22. The van der Waals surface area contributed by atoms with E-state index in [4.69, 9.17) is 9.84 Å². The molecule has 0 fully saturated rings. The van der Waals surface area contributed by atoms with E-state index in [0.717, 1.165) is 77.0 Å². The number of carbonyl (C=O) groups excluding carboxylic acids is 1. The highest BCUT2D eigenvalue weighted by Crippen LogP contribution is 2.18. The molecule has 0 bridgehead atoms. The van der Waals surface area contributed by atoms with Crippen LogP contribution in [0, 0.1) is 0 Å². The van der Waals surface area contributed by atoms with E-state index in [9.17, 15) is 9.59 Å². The minimum absolute atomic E-state index is 0.0131. The van der Waals surface area contributed by atoms with Gasteiger partial charge in [-0.25, -0.2) is 0 Å². The summed E-state index contributed by atoms with van der Waals surface area (Å²) in [5.74, 6) is -0.728. The zero-order valence-corrected chi connectivity index (χ0v) is 32.0. The SMILES string of the molecule is CCCCC/C=C\C/C=C\CCCC(CCCCCCCC(=O)O)OC(=O)CCCCCCCCCCC/C=C\CCCCCCCC. The standard InChI is InChI=1S/C44H80O4/c1-3-5-7-9-11-13-15-16-17-18-19-20-21-22-24-26-28-33-37-41-44(47)48-42(39-35-31-29-32-36-40-43(45)46)38-34-30-27-25-23-14-12-10-8-6-4-2/h12,14,16-17,25,27,42H,3-11,13,15,18-24,26,28-41H2,1-2H3,(H,45,46)/b14-12-,17-16-,27-25-. The lowest BCUT2D eigenvalue weighted by Gasteiger charge is -2.18. The molecule has 0 amide bonds. The Bertz CT molecular complexity index is 768. The summed E-state index contributed by atoms with van der Waals surface area (Å²) >= 11 is 0. The Balaban J connectivity index is 4.00. The number of hydrogen-bond acceptors (Lipinski definition) is 3. The second kappa shape index (κ2) is 39.6. The van der Waals surface area contributed by atoms with Gasteiger partial charge in [0.25, 0.3) is 0 Å². The molecule has 0 rings (SSSR count). The maximum atomic E-state index is 12.7. The fourth-order valence-electron chi connectivity index (χ4n) is 6.22. The van der Waals surface area contributed by atoms with Crippen LogP contribution in [0.3, 0.4) is 0 Å². The summed E-state index contributed by atoms with van der Waals surface area (Å²) in [5, 5.41) is 8.82. The Morgan fingerprint density at radius 3 is 1.38 bits per heavy atom. The van der Waals surface area contributed by atoms with Gasteiger partial charge in [0.15, 0.2) is 0 Å². The first kappa shape index (κ1) is 46.2. The van der Waals surface area contributed by atoms with Gasteiger partial charge >= 0.3 is 11.9 Å². The van der Waals surface area contributed by atoms with Crippen molar-refractivity contribution in [2.75, 3.05) is 0 Å². The molecule has 0 saturated carbocycles. The van der Waals surface area contributed by atoms with Crippen molar-refractivity contribution in [3.05, 3.63) is 36.5 Å². The average molecular weight is 673 g/mol. The number of allylic oxidation sites excluding steroid dienone is 6. The summed E-state index contributed by atoms with van der Waals surface area (Å²) < 4.78 is 5.98. The third kappa shape index (κ3) is 38.6. The van der Waals surface area contributed by atoms with Crippen LogP contribution < -0.4 is 0 Å². The van der Waals surface area contributed by atoms with Crippen molar-refractivity contribution in [3.63, 3.8) is 0 Å². The van der Waals surface area contributed by atoms with Crippen LogP contribution in [0.2, 0.25) is 0 Å². The second-order valence-electron chi connectivity index (χ2n) is 14.2. The molecule has 1 atom stereocenters. The third-order valence-corrected chi connectivity index (χ3v) is 9.33. The van der Waals surface area contributed by atoms with E-state index in [2.05, 4.69) is 50.3 Å². The molecule has 0 saturated heterocycles. The molecule has 0 aromatic heterocycles. The molecule has 0 aliphatic heterocycles. The number of unbranched alkanes of at least 4 members (excludes halogenated alkanes) is 23. The molecule has 4 heteroatoms. The molecule has 1 N–H and O–H groups in total. The Morgan fingerprint density at radius 2 is 0.833 bits per heavy atom. The van der Waals surface area contributed by atoms with Crippen molar-refractivity contribution < 1.29 is 19.4 Å². The highest BCUT2D eigenvalue weighted by molar-refractivity contribution is 5.69. The first-order chi connectivity index (χ1) is 23.6. The lowest BCUT2D eigenvalue weighted by atomic mass is 10.0. The summed E-state index contributed by atoms with van der Waals surface area (Å²) in [4.78, 5) is 23.4. The van der Waals surface area contributed by atoms with Crippen molar-refractivity contribution in [1.29, 1.82) is 0 Å². The van der Waals surface area contributed by atoms with Gasteiger partial charge in [-0.3, -0.25) is 9.59 Å². The van der Waals surface area contributed by atoms with Gasteiger partial charge in [0.1, 0.15) is 6.10 Å². The van der Waals surface area contributed by atoms with Crippen LogP contribution >= 0.6 is 0 Å². The fraction of sp³-hybridized carbons (Fsp3) is 0.818. The number of carboxylic acid groups (broad SMARTS) is 1. The molecule has 0 aliphatic carbocycles. The number of carboxylic acids is 1. The monoisotopic (exact) mass is 673 g/mol. The molecule has 0 radical (unpaired) electrons. The predicted octanol–water partition coefficient (Wildman–Crippen LogP) is 14.6. The van der Waals surface area contributed by atoms with Crippen LogP contribution in [0.25, 0.3) is 0 Å². The van der Waals surface area contributed by atoms with Gasteiger partial charge in [-0.1, -0.05) is 159 Å². The topological polar surface area (TPSA) is 63.6 Å². The van der Waals surface area contributed by atoms with E-state index < -0.39 is 5.97 Å². The Morgan fingerprint density at radius 1 is 0.458 bits per heavy atom. The average Bonchev–Trinajstić information content (AvgIpc) is 3.07. The van der Waals surface area contributed by atoms with Gasteiger partial charge in [0, 0.05) is 12.8 Å². The van der Waals surface area contributed by atoms with E-state index in [-0.39, 0.29) is 18.5 Å². The van der Waals surface area contributed by atoms with Crippen LogP contribution in [0.15, 0.2) is 36.5 Å². The molecule has 4 nitrogen and oxygen atoms in total. The molecule has 0 aliphatic rings. The second-order valence-corrected chi connectivity index (χ2v) is 14.2. The minimum atomic E-state index is -0.706. The van der Waals surface area contributed by atoms with Gasteiger partial charge in [-0.2, -0.15) is 0 Å². The zero-order chi connectivity index (χ0) is 35.0. The number of aliphatic carboxylic acids is 1. The Hall–Kier alpha value is -1.84. The van der Waals surface area contributed by atoms with Crippen LogP contribution in [0.1, 0.15) is 226 Å². The zero-order valence-electron chi connectivity index (χ0n) is 32.0. The molecule has 1 unspecified atom stereocenters. The normalized spacial score (nSPS) is 12.5. The third-order valence-electron chi connectivity index (χ3n) is 9.33. The van der Waals surface area contributed by atoms with Crippen LogP contribution in [-0.2, 0) is 14.3 Å². The summed E-state index contributed by atoms with van der Waals surface area (Å²) in [5.41, 5.74) is 0. The van der Waals surface area contributed by atoms with Crippen molar-refractivity contribution in [1.82, 2.24) is 0 Å². The summed E-state index contributed by atoms with van der Waals surface area (Å²) in [6.07, 6.45) is 51.7. The van der Waals surface area contributed by atoms with E-state index in [0.29, 0.717) is 6.42 Å². The molecular formula is C44H80O4. The van der Waals surface area contributed by atoms with Gasteiger partial charge in [0.2, 0.25) is 0 Å². The van der Waals surface area contributed by atoms with Crippen LogP contribution in [0.5, 0.6) is 0 Å². The quantitative estimate of drug-likeness (QED) is 0.0403. The number of ether oxygens (including phenoxy) is 1. The minimum Gasteiger partial charge on any atom is -0.481 e. The summed E-state index contributed by atoms with van der Waals surface area (Å²) in [6, 6.07) is 0. The Kier molecular flexibility index (Phi) is 38.1. The lowest BCUT2D eigenvalue weighted by molar-refractivity contribution is -0.150. The van der Waals surface area contributed by atoms with E-state index in [1.54, 1.807) is 0 Å². The molecule has 0 spiro atoms. The smallest absolute Gasteiger partial charge is 0.306 e. The van der Waals surface area contributed by atoms with Crippen molar-refractivity contribution in [3.8, 4) is 0 Å². The number of esters is 1. The molecule has 0 heterocycles. The van der Waals surface area contributed by atoms with E-state index in [1.807, 2.05) is 0 Å². The molecule has 48 heavy (non-hydrogen) atoms. The largest absolute Gasteiger partial charge is 0.481 e. The lowest BCUT2D eigenvalue weighted by Crippen LogP contribution is -2.18. The van der Waals surface area contributed by atoms with Crippen LogP contribution in [-0.4, -0.2) is 23.1 Å². The molecule has 0 aromatic rings. The Labute approximate surface area is 299 Å². The van der Waals surface area contributed by atoms with Crippen LogP contribution in [0.4, 0.5) is 0 Å². The van der Waals surface area contributed by atoms with Crippen molar-refractivity contribution in [2.24, 2.45) is 0 Å². The van der Waals surface area contributed by atoms with Gasteiger partial charge < -0.3 is 9.84 Å². The number of rotatable bonds is 38. The van der Waals surface area contributed by atoms with Gasteiger partial charge in [0.05, 0.1) is 0 Å². The number of hydrogen-bond donors (Lipinski definition) is 1. The maximum Gasteiger partial charge on any atom is 0.306 e. The predicted molar refractivity (Wildman–Crippen MR) is 209 cm³/mol. The summed E-state index contributed by atoms with van der Waals surface area (Å²) in [6.45, 7) is 4.52. The van der Waals surface area contributed by atoms with E-state index in [1.165, 1.54) is 122 Å². The molecule has 0 aromatic carbocycles. The van der Waals surface area contributed by atoms with E-state index >= 15 is 0 Å².